The molecule has 1 saturated heterocycles. The summed E-state index contributed by atoms with van der Waals surface area (Å²) in [6.07, 6.45) is 2.22. The summed E-state index contributed by atoms with van der Waals surface area (Å²) in [6, 6.07) is 6.66. The molecule has 0 radical (unpaired) electrons. The third-order valence-electron chi connectivity index (χ3n) is 4.61. The van der Waals surface area contributed by atoms with Crippen molar-refractivity contribution in [2.24, 2.45) is 12.8 Å². The predicted octanol–water partition coefficient (Wildman–Crippen LogP) is 2.46. The lowest BCUT2D eigenvalue weighted by Crippen LogP contribution is -2.25. The van der Waals surface area contributed by atoms with E-state index < -0.39 is 5.92 Å². The van der Waals surface area contributed by atoms with Gasteiger partial charge in [-0.15, -0.1) is 0 Å². The molecule has 1 fully saturated rings. The minimum absolute atomic E-state index is 0. The van der Waals surface area contributed by atoms with Gasteiger partial charge in [0.15, 0.2) is 5.82 Å². The highest BCUT2D eigenvalue weighted by atomic mass is 19.3. The molecule has 0 aliphatic carbocycles. The van der Waals surface area contributed by atoms with Crippen LogP contribution in [0.2, 0.25) is 0 Å². The first kappa shape index (κ1) is 18.6. The number of aromatic nitrogens is 2. The summed E-state index contributed by atoms with van der Waals surface area (Å²) in [5, 5.41) is 20.3. The summed E-state index contributed by atoms with van der Waals surface area (Å²) in [7, 11) is 1.66. The van der Waals surface area contributed by atoms with Crippen molar-refractivity contribution in [3.63, 3.8) is 0 Å². The van der Waals surface area contributed by atoms with Crippen LogP contribution in [0.15, 0.2) is 30.5 Å². The second kappa shape index (κ2) is 6.82. The molecule has 0 saturated carbocycles. The number of benzene rings is 1. The van der Waals surface area contributed by atoms with Crippen molar-refractivity contribution in [2.75, 3.05) is 23.7 Å². The van der Waals surface area contributed by atoms with Crippen molar-refractivity contribution in [2.45, 2.75) is 12.3 Å². The maximum Gasteiger partial charge on any atom is 0.266 e. The van der Waals surface area contributed by atoms with Crippen LogP contribution in [-0.4, -0.2) is 40.7 Å². The van der Waals surface area contributed by atoms with Gasteiger partial charge in [-0.05, 0) is 17.7 Å². The van der Waals surface area contributed by atoms with E-state index in [1.807, 2.05) is 0 Å². The van der Waals surface area contributed by atoms with Crippen molar-refractivity contribution in [3.05, 3.63) is 47.3 Å². The molecule has 2 heterocycles. The molecule has 2 aromatic rings. The zero-order valence-corrected chi connectivity index (χ0v) is 14.8. The zero-order valence-electron chi connectivity index (χ0n) is 14.8. The Morgan fingerprint density at radius 1 is 1.37 bits per heavy atom. The Morgan fingerprint density at radius 3 is 2.70 bits per heavy atom. The molecule has 1 aromatic carbocycles. The minimum atomic E-state index is -2.72. The average molecular weight is 375 g/mol. The van der Waals surface area contributed by atoms with Crippen LogP contribution >= 0.6 is 0 Å². The maximum atomic E-state index is 13.5. The molecule has 0 amide bonds. The van der Waals surface area contributed by atoms with E-state index in [1.165, 1.54) is 15.8 Å². The molecule has 27 heavy (non-hydrogen) atoms. The van der Waals surface area contributed by atoms with Gasteiger partial charge < -0.3 is 21.8 Å². The number of hydrogen-bond donors (Lipinski definition) is 4. The number of halogens is 2. The quantitative estimate of drug-likeness (QED) is 0.474. The van der Waals surface area contributed by atoms with Crippen LogP contribution < -0.4 is 16.4 Å². The highest BCUT2D eigenvalue weighted by molar-refractivity contribution is 6.15. The molecule has 144 valence electrons. The summed E-state index contributed by atoms with van der Waals surface area (Å²) < 4.78 is 28.4. The number of alkyl halides is 2. The van der Waals surface area contributed by atoms with E-state index in [-0.39, 0.29) is 26.6 Å². The lowest BCUT2D eigenvalue weighted by Gasteiger charge is -2.14. The van der Waals surface area contributed by atoms with Crippen LogP contribution in [-0.2, 0) is 7.05 Å². The van der Waals surface area contributed by atoms with Crippen LogP contribution in [0.4, 0.5) is 20.3 Å². The van der Waals surface area contributed by atoms with Gasteiger partial charge in [-0.1, -0.05) is 6.07 Å². The smallest absolute Gasteiger partial charge is 0.266 e. The van der Waals surface area contributed by atoms with Crippen LogP contribution in [0.1, 0.15) is 24.7 Å². The van der Waals surface area contributed by atoms with Crippen LogP contribution in [0, 0.1) is 10.8 Å². The van der Waals surface area contributed by atoms with Crippen LogP contribution in [0.25, 0.3) is 5.57 Å². The summed E-state index contributed by atoms with van der Waals surface area (Å²) in [6.45, 7) is -0.156. The topological polar surface area (TPSA) is 121 Å². The van der Waals surface area contributed by atoms with Gasteiger partial charge in [0.1, 0.15) is 0 Å². The molecule has 0 spiro atoms. The second-order valence-corrected chi connectivity index (χ2v) is 6.48. The number of nitrogens with one attached hydrogen (secondary N) is 2. The highest BCUT2D eigenvalue weighted by Gasteiger charge is 2.39. The molecule has 1 aromatic heterocycles. The van der Waals surface area contributed by atoms with E-state index in [0.717, 1.165) is 6.21 Å². The fourth-order valence-electron chi connectivity index (χ4n) is 3.09. The van der Waals surface area contributed by atoms with Gasteiger partial charge >= 0.3 is 0 Å². The summed E-state index contributed by atoms with van der Waals surface area (Å²) in [4.78, 5) is 1.51. The van der Waals surface area contributed by atoms with E-state index in [2.05, 4.69) is 5.10 Å². The number of nitrogens with two attached hydrogens (primary N) is 2. The van der Waals surface area contributed by atoms with Gasteiger partial charge in [-0.3, -0.25) is 10.1 Å². The number of allylic oxidation sites excluding steroid dienone is 1. The first-order valence-corrected chi connectivity index (χ1v) is 8.34. The third-order valence-corrected chi connectivity index (χ3v) is 4.61. The van der Waals surface area contributed by atoms with Crippen molar-refractivity contribution < 1.29 is 10.2 Å². The molecule has 6 N–H and O–H groups in total. The van der Waals surface area contributed by atoms with E-state index in [9.17, 15) is 8.78 Å². The Bertz CT molecular complexity index is 936. The largest absolute Gasteiger partial charge is 0.404 e. The lowest BCUT2D eigenvalue weighted by atomic mass is 9.99. The summed E-state index contributed by atoms with van der Waals surface area (Å²) in [5.41, 5.74) is 14.1. The number of nitrogens with zero attached hydrogens (tertiary/aromatic N) is 3. The molecule has 0 unspecified atom stereocenters. The van der Waals surface area contributed by atoms with Crippen LogP contribution in [0.5, 0.6) is 0 Å². The first-order chi connectivity index (χ1) is 12.8. The van der Waals surface area contributed by atoms with E-state index >= 15 is 0 Å². The molecule has 1 aliphatic rings. The fraction of sp³-hybridized carbons (Fsp3) is 0.278. The van der Waals surface area contributed by atoms with E-state index in [1.54, 1.807) is 31.3 Å². The molecule has 0 atom stereocenters. The third kappa shape index (κ3) is 3.53. The van der Waals surface area contributed by atoms with Gasteiger partial charge in [0.25, 0.3) is 5.92 Å². The SMILES string of the molecule is Cn1nc(N2CCC(F)(F)C2)cc1C(=N)c1cc(/C(C=N)=C/N)ccc1N.[HH]. The zero-order chi connectivity index (χ0) is 19.8. The van der Waals surface area contributed by atoms with E-state index in [4.69, 9.17) is 22.3 Å². The molecule has 3 rings (SSSR count). The number of anilines is 2. The highest BCUT2D eigenvalue weighted by Crippen LogP contribution is 2.31. The molecule has 7 nitrogen and oxygen atoms in total. The summed E-state index contributed by atoms with van der Waals surface area (Å²) >= 11 is 0. The Morgan fingerprint density at radius 2 is 2.11 bits per heavy atom. The van der Waals surface area contributed by atoms with Gasteiger partial charge in [0, 0.05) is 56.7 Å². The molecule has 9 heteroatoms. The number of rotatable bonds is 5. The standard InChI is InChI=1S/C18H21F2N7.H2/c1-26-15(7-16(25-26)27-5-4-18(19,20)10-27)17(24)13-6-11(2-3-14(13)23)12(8-21)9-22;/h2-3,6-9,21,24H,4-5,10,22-23H2,1H3;1H/b12-9+,21-8?,24-17?;. The molecule has 1 aliphatic heterocycles. The Balaban J connectivity index is 0.00000280. The second-order valence-electron chi connectivity index (χ2n) is 6.48. The molecular weight excluding hydrogens is 352 g/mol. The summed E-state index contributed by atoms with van der Waals surface area (Å²) in [5.74, 6) is -2.31. The fourth-order valence-corrected chi connectivity index (χ4v) is 3.09. The van der Waals surface area contributed by atoms with E-state index in [0.29, 0.717) is 33.9 Å². The molecular formula is C18H23F2N7. The number of hydrogen-bond acceptors (Lipinski definition) is 6. The minimum Gasteiger partial charge on any atom is -0.404 e. The number of nitrogen functional groups attached to an aromatic ring is 1. The molecule has 0 bridgehead atoms. The normalized spacial score (nSPS) is 16.6. The van der Waals surface area contributed by atoms with Gasteiger partial charge in [0.05, 0.1) is 18.0 Å². The predicted molar refractivity (Wildman–Crippen MR) is 105 cm³/mol. The van der Waals surface area contributed by atoms with Crippen molar-refractivity contribution in [3.8, 4) is 0 Å². The maximum absolute atomic E-state index is 13.5. The Labute approximate surface area is 156 Å². The van der Waals surface area contributed by atoms with Crippen molar-refractivity contribution in [1.82, 2.24) is 9.78 Å². The van der Waals surface area contributed by atoms with Crippen molar-refractivity contribution >= 4 is 29.0 Å². The van der Waals surface area contributed by atoms with Crippen molar-refractivity contribution in [1.29, 1.82) is 10.8 Å². The van der Waals surface area contributed by atoms with Gasteiger partial charge in [-0.25, -0.2) is 8.78 Å². The monoisotopic (exact) mass is 375 g/mol. The number of aryl methyl sites for hydroxylation is 1. The van der Waals surface area contributed by atoms with Crippen LogP contribution in [0.3, 0.4) is 0 Å². The average Bonchev–Trinajstić information content (AvgIpc) is 3.19. The first-order valence-electron chi connectivity index (χ1n) is 8.34. The lowest BCUT2D eigenvalue weighted by molar-refractivity contribution is 0.0256. The van der Waals surface area contributed by atoms with Gasteiger partial charge in [0.2, 0.25) is 0 Å². The van der Waals surface area contributed by atoms with Gasteiger partial charge in [-0.2, -0.15) is 5.10 Å². The Kier molecular flexibility index (Phi) is 4.69. The Hall–Kier alpha value is -3.23.